The number of nitrogens with one attached hydrogen (secondary N) is 2. The van der Waals surface area contributed by atoms with Crippen molar-refractivity contribution >= 4 is 31.7 Å². The molecule has 0 unspecified atom stereocenters. The Balaban J connectivity index is 1.33. The van der Waals surface area contributed by atoms with Crippen LogP contribution in [0.5, 0.6) is 0 Å². The molecule has 0 aliphatic carbocycles. The molecule has 0 spiro atoms. The van der Waals surface area contributed by atoms with Gasteiger partial charge in [0.15, 0.2) is 0 Å². The normalized spacial score (nSPS) is 13.1. The van der Waals surface area contributed by atoms with Crippen molar-refractivity contribution in [1.29, 1.82) is 0 Å². The fraction of sp³-hybridized carbons (Fsp3) is 0.292. The number of hydrogen-bond donors (Lipinski definition) is 3. The topological polar surface area (TPSA) is 96.2 Å². The minimum Gasteiger partial charge on any atom is -0.395 e. The van der Waals surface area contributed by atoms with E-state index >= 15 is 0 Å². The lowest BCUT2D eigenvalue weighted by atomic mass is 10.1. The summed E-state index contributed by atoms with van der Waals surface area (Å²) in [5.74, 6) is 0. The smallest absolute Gasteiger partial charge is 0.240 e. The van der Waals surface area contributed by atoms with Gasteiger partial charge in [-0.2, -0.15) is 0 Å². The maximum atomic E-state index is 12.8. The zero-order chi connectivity index (χ0) is 22.6. The van der Waals surface area contributed by atoms with Gasteiger partial charge in [-0.15, -0.1) is 0 Å². The molecule has 0 amide bonds. The summed E-state index contributed by atoms with van der Waals surface area (Å²) < 4.78 is 30.4. The van der Waals surface area contributed by atoms with Crippen LogP contribution in [-0.2, 0) is 23.0 Å². The van der Waals surface area contributed by atoms with E-state index in [-0.39, 0.29) is 17.5 Å². The number of hydrogen-bond acceptors (Lipinski definition) is 5. The molecule has 0 aliphatic heterocycles. The summed E-state index contributed by atoms with van der Waals surface area (Å²) >= 11 is 0. The van der Waals surface area contributed by atoms with Crippen LogP contribution in [-0.4, -0.2) is 48.8 Å². The highest BCUT2D eigenvalue weighted by Crippen LogP contribution is 2.21. The van der Waals surface area contributed by atoms with Crippen LogP contribution in [0.15, 0.2) is 72.0 Å². The molecule has 168 valence electrons. The molecule has 8 heteroatoms. The number of sulfonamides is 1. The first-order valence-electron chi connectivity index (χ1n) is 10.7. The Morgan fingerprint density at radius 2 is 1.97 bits per heavy atom. The predicted molar refractivity (Wildman–Crippen MR) is 127 cm³/mol. The summed E-state index contributed by atoms with van der Waals surface area (Å²) in [5.41, 5.74) is 2.32. The summed E-state index contributed by atoms with van der Waals surface area (Å²) in [5, 5.41) is 15.6. The number of benzene rings is 2. The number of para-hydroxylation sites is 1. The molecular weight excluding hydrogens is 424 g/mol. The van der Waals surface area contributed by atoms with Gasteiger partial charge in [0.2, 0.25) is 10.0 Å². The Kier molecular flexibility index (Phi) is 6.86. The Morgan fingerprint density at radius 1 is 1.12 bits per heavy atom. The van der Waals surface area contributed by atoms with Crippen LogP contribution in [0.1, 0.15) is 12.5 Å². The molecule has 0 fully saturated rings. The lowest BCUT2D eigenvalue weighted by Crippen LogP contribution is -2.40. The van der Waals surface area contributed by atoms with Crippen molar-refractivity contribution in [1.82, 2.24) is 19.6 Å². The number of aliphatic hydroxyl groups is 1. The Morgan fingerprint density at radius 3 is 2.81 bits per heavy atom. The third-order valence-electron chi connectivity index (χ3n) is 5.51. The van der Waals surface area contributed by atoms with E-state index < -0.39 is 10.0 Å². The molecule has 0 aliphatic rings. The van der Waals surface area contributed by atoms with Crippen molar-refractivity contribution in [3.8, 4) is 0 Å². The number of nitrogens with zero attached hydrogens (tertiary/aromatic N) is 2. The zero-order valence-electron chi connectivity index (χ0n) is 18.0. The third-order valence-corrected chi connectivity index (χ3v) is 7.10. The Hall–Kier alpha value is -2.78. The molecule has 2 aromatic heterocycles. The molecule has 0 bridgehead atoms. The third kappa shape index (κ3) is 4.99. The van der Waals surface area contributed by atoms with Crippen molar-refractivity contribution in [3.05, 3.63) is 72.7 Å². The molecule has 4 aromatic rings. The van der Waals surface area contributed by atoms with Gasteiger partial charge in [0.1, 0.15) is 0 Å². The zero-order valence-corrected chi connectivity index (χ0v) is 18.8. The highest BCUT2D eigenvalue weighted by molar-refractivity contribution is 7.89. The molecule has 7 nitrogen and oxygen atoms in total. The van der Waals surface area contributed by atoms with Crippen molar-refractivity contribution in [2.45, 2.75) is 30.8 Å². The Bertz CT molecular complexity index is 1320. The summed E-state index contributed by atoms with van der Waals surface area (Å²) in [6.45, 7) is 3.76. The van der Waals surface area contributed by atoms with Crippen LogP contribution in [0.4, 0.5) is 0 Å². The van der Waals surface area contributed by atoms with Gasteiger partial charge in [0, 0.05) is 54.0 Å². The molecule has 0 saturated carbocycles. The second-order valence-corrected chi connectivity index (χ2v) is 9.66. The first-order valence-corrected chi connectivity index (χ1v) is 12.2. The van der Waals surface area contributed by atoms with Gasteiger partial charge < -0.3 is 15.0 Å². The van der Waals surface area contributed by atoms with E-state index in [1.165, 1.54) is 10.9 Å². The molecular formula is C24H28N4O3S. The van der Waals surface area contributed by atoms with Gasteiger partial charge in [-0.3, -0.25) is 4.98 Å². The van der Waals surface area contributed by atoms with Gasteiger partial charge in [-0.25, -0.2) is 13.1 Å². The van der Waals surface area contributed by atoms with E-state index in [2.05, 4.69) is 37.9 Å². The molecule has 32 heavy (non-hydrogen) atoms. The van der Waals surface area contributed by atoms with Crippen LogP contribution >= 0.6 is 0 Å². The average Bonchev–Trinajstić information content (AvgIpc) is 3.14. The number of aliphatic hydroxyl groups excluding tert-OH is 1. The van der Waals surface area contributed by atoms with Crippen LogP contribution < -0.4 is 10.0 Å². The van der Waals surface area contributed by atoms with E-state index in [0.29, 0.717) is 13.1 Å². The number of aromatic nitrogens is 2. The number of fused-ring (bicyclic) bond motifs is 2. The molecule has 3 N–H and O–H groups in total. The van der Waals surface area contributed by atoms with Crippen LogP contribution in [0.25, 0.3) is 21.7 Å². The van der Waals surface area contributed by atoms with E-state index in [4.69, 9.17) is 0 Å². The van der Waals surface area contributed by atoms with Gasteiger partial charge in [0.25, 0.3) is 0 Å². The van der Waals surface area contributed by atoms with Crippen molar-refractivity contribution in [2.75, 3.05) is 19.7 Å². The highest BCUT2D eigenvalue weighted by Gasteiger charge is 2.17. The second-order valence-electron chi connectivity index (χ2n) is 7.95. The van der Waals surface area contributed by atoms with E-state index in [9.17, 15) is 13.5 Å². The molecule has 4 rings (SSSR count). The summed E-state index contributed by atoms with van der Waals surface area (Å²) in [4.78, 5) is 4.31. The fourth-order valence-electron chi connectivity index (χ4n) is 3.96. The monoisotopic (exact) mass is 452 g/mol. The van der Waals surface area contributed by atoms with Crippen LogP contribution in [0, 0.1) is 0 Å². The maximum absolute atomic E-state index is 12.8. The standard InChI is InChI=1S/C24H28N4O3S/c1-18(27-32(30,31)22-7-6-20-16-26-10-8-19(20)14-22)15-25-11-9-21-17-28(12-13-29)24-5-3-2-4-23(21)24/h2-8,10,14,16-18,25,27,29H,9,11-13,15H2,1H3/t18-/m1/s1. The number of rotatable bonds is 10. The van der Waals surface area contributed by atoms with E-state index in [0.717, 1.165) is 29.3 Å². The Labute approximate surface area is 188 Å². The SMILES string of the molecule is C[C@H](CNCCc1cn(CCO)c2ccccc12)NS(=O)(=O)c1ccc2cnccc2c1. The van der Waals surface area contributed by atoms with E-state index in [1.807, 2.05) is 19.1 Å². The minimum absolute atomic E-state index is 0.0993. The van der Waals surface area contributed by atoms with Crippen LogP contribution in [0.3, 0.4) is 0 Å². The highest BCUT2D eigenvalue weighted by atomic mass is 32.2. The van der Waals surface area contributed by atoms with Gasteiger partial charge in [-0.05, 0) is 55.1 Å². The first-order chi connectivity index (χ1) is 15.5. The maximum Gasteiger partial charge on any atom is 0.240 e. The van der Waals surface area contributed by atoms with Crippen LogP contribution in [0.2, 0.25) is 0 Å². The molecule has 2 heterocycles. The van der Waals surface area contributed by atoms with Gasteiger partial charge >= 0.3 is 0 Å². The quantitative estimate of drug-likeness (QED) is 0.322. The fourth-order valence-corrected chi connectivity index (χ4v) is 5.24. The largest absolute Gasteiger partial charge is 0.395 e. The second kappa shape index (κ2) is 9.79. The average molecular weight is 453 g/mol. The molecule has 0 radical (unpaired) electrons. The summed E-state index contributed by atoms with van der Waals surface area (Å²) in [6, 6.07) is 14.8. The van der Waals surface area contributed by atoms with Gasteiger partial charge in [-0.1, -0.05) is 24.3 Å². The van der Waals surface area contributed by atoms with Crippen molar-refractivity contribution in [3.63, 3.8) is 0 Å². The first kappa shape index (κ1) is 22.4. The van der Waals surface area contributed by atoms with Crippen molar-refractivity contribution in [2.24, 2.45) is 0 Å². The molecule has 2 aromatic carbocycles. The molecule has 1 atom stereocenters. The predicted octanol–water partition coefficient (Wildman–Crippen LogP) is 2.68. The lowest BCUT2D eigenvalue weighted by molar-refractivity contribution is 0.278. The minimum atomic E-state index is -3.61. The lowest BCUT2D eigenvalue weighted by Gasteiger charge is -2.15. The van der Waals surface area contributed by atoms with Gasteiger partial charge in [0.05, 0.1) is 11.5 Å². The van der Waals surface area contributed by atoms with E-state index in [1.54, 1.807) is 36.7 Å². The summed E-state index contributed by atoms with van der Waals surface area (Å²) in [6.07, 6.45) is 6.27. The molecule has 0 saturated heterocycles. The number of pyridine rings is 1. The van der Waals surface area contributed by atoms with Crippen molar-refractivity contribution < 1.29 is 13.5 Å². The summed E-state index contributed by atoms with van der Waals surface area (Å²) in [7, 11) is -3.61.